The van der Waals surface area contributed by atoms with E-state index in [0.717, 1.165) is 0 Å². The van der Waals surface area contributed by atoms with Crippen LogP contribution in [0, 0.1) is 0 Å². The quantitative estimate of drug-likeness (QED) is 0.426. The molecule has 1 atom stereocenters. The molecule has 4 amide bonds. The van der Waals surface area contributed by atoms with Gasteiger partial charge in [0, 0.05) is 19.5 Å². The van der Waals surface area contributed by atoms with Crippen LogP contribution in [0.2, 0.25) is 0 Å². The van der Waals surface area contributed by atoms with E-state index in [1.165, 1.54) is 4.90 Å². The van der Waals surface area contributed by atoms with E-state index in [1.54, 1.807) is 0 Å². The van der Waals surface area contributed by atoms with Crippen molar-refractivity contribution >= 4 is 23.8 Å². The summed E-state index contributed by atoms with van der Waals surface area (Å²) in [6.07, 6.45) is -0.266. The number of carboxylic acids is 1. The van der Waals surface area contributed by atoms with Crippen LogP contribution in [0.4, 0.5) is 4.79 Å². The number of carboxylic acid groups (broad SMARTS) is 1. The molecule has 9 heteroatoms. The third-order valence-corrected chi connectivity index (χ3v) is 2.80. The summed E-state index contributed by atoms with van der Waals surface area (Å²) in [6.45, 7) is 4.44. The molecule has 9 nitrogen and oxygen atoms in total. The van der Waals surface area contributed by atoms with Crippen LogP contribution in [-0.2, 0) is 14.4 Å². The average molecular weight is 302 g/mol. The zero-order valence-electron chi connectivity index (χ0n) is 12.2. The maximum atomic E-state index is 11.7. The van der Waals surface area contributed by atoms with E-state index in [0.29, 0.717) is 13.1 Å². The second-order valence-electron chi connectivity index (χ2n) is 4.29. The Kier molecular flexibility index (Phi) is 8.51. The topological polar surface area (TPSA) is 142 Å². The minimum absolute atomic E-state index is 0.109. The summed E-state index contributed by atoms with van der Waals surface area (Å²) in [6, 6.07) is -2.02. The maximum absolute atomic E-state index is 11.7. The summed E-state index contributed by atoms with van der Waals surface area (Å²) >= 11 is 0. The normalized spacial score (nSPS) is 11.3. The molecule has 0 saturated carbocycles. The first-order valence-electron chi connectivity index (χ1n) is 6.65. The van der Waals surface area contributed by atoms with Gasteiger partial charge < -0.3 is 26.4 Å². The van der Waals surface area contributed by atoms with Crippen molar-refractivity contribution < 1.29 is 24.3 Å². The molecule has 0 bridgehead atoms. The Bertz CT molecular complexity index is 395. The minimum Gasteiger partial charge on any atom is -0.480 e. The molecule has 21 heavy (non-hydrogen) atoms. The molecule has 0 saturated heterocycles. The lowest BCUT2D eigenvalue weighted by molar-refractivity contribution is -0.139. The van der Waals surface area contributed by atoms with Gasteiger partial charge in [0.25, 0.3) is 0 Å². The van der Waals surface area contributed by atoms with Crippen LogP contribution in [-0.4, -0.2) is 59.5 Å². The van der Waals surface area contributed by atoms with Crippen LogP contribution in [0.25, 0.3) is 0 Å². The van der Waals surface area contributed by atoms with Gasteiger partial charge in [-0.3, -0.25) is 9.59 Å². The molecule has 0 fully saturated rings. The van der Waals surface area contributed by atoms with E-state index in [-0.39, 0.29) is 25.3 Å². The number of amides is 4. The van der Waals surface area contributed by atoms with E-state index in [9.17, 15) is 19.2 Å². The van der Waals surface area contributed by atoms with Gasteiger partial charge in [0.05, 0.1) is 6.54 Å². The highest BCUT2D eigenvalue weighted by Crippen LogP contribution is 1.97. The predicted molar refractivity (Wildman–Crippen MR) is 74.3 cm³/mol. The molecule has 0 aliphatic carbocycles. The van der Waals surface area contributed by atoms with Gasteiger partial charge in [0.1, 0.15) is 6.04 Å². The number of urea groups is 1. The molecule has 0 aliphatic rings. The average Bonchev–Trinajstić information content (AvgIpc) is 2.41. The van der Waals surface area contributed by atoms with Crippen LogP contribution in [0.3, 0.4) is 0 Å². The molecule has 0 aromatic heterocycles. The Labute approximate surface area is 122 Å². The summed E-state index contributed by atoms with van der Waals surface area (Å²) < 4.78 is 0. The van der Waals surface area contributed by atoms with Crippen molar-refractivity contribution in [1.29, 1.82) is 0 Å². The number of aliphatic carboxylic acids is 1. The Hall–Kier alpha value is -2.32. The summed E-state index contributed by atoms with van der Waals surface area (Å²) in [7, 11) is 0. The zero-order valence-corrected chi connectivity index (χ0v) is 12.2. The molecule has 0 rings (SSSR count). The van der Waals surface area contributed by atoms with Gasteiger partial charge in [-0.05, 0) is 20.3 Å². The third-order valence-electron chi connectivity index (χ3n) is 2.80. The number of nitrogens with one attached hydrogen (secondary N) is 2. The van der Waals surface area contributed by atoms with Crippen LogP contribution in [0.15, 0.2) is 0 Å². The highest BCUT2D eigenvalue weighted by atomic mass is 16.4. The van der Waals surface area contributed by atoms with Crippen molar-refractivity contribution in [1.82, 2.24) is 15.5 Å². The molecule has 0 aliphatic heterocycles. The van der Waals surface area contributed by atoms with E-state index in [4.69, 9.17) is 10.8 Å². The highest BCUT2D eigenvalue weighted by molar-refractivity contribution is 5.86. The molecule has 120 valence electrons. The molecule has 0 aromatic rings. The van der Waals surface area contributed by atoms with E-state index < -0.39 is 23.9 Å². The highest BCUT2D eigenvalue weighted by Gasteiger charge is 2.21. The molecular weight excluding hydrogens is 280 g/mol. The van der Waals surface area contributed by atoms with Gasteiger partial charge in [-0.2, -0.15) is 0 Å². The van der Waals surface area contributed by atoms with Crippen molar-refractivity contribution in [3.63, 3.8) is 0 Å². The van der Waals surface area contributed by atoms with Crippen molar-refractivity contribution in [2.24, 2.45) is 5.73 Å². The van der Waals surface area contributed by atoms with Crippen molar-refractivity contribution in [3.05, 3.63) is 0 Å². The first-order chi connectivity index (χ1) is 9.81. The number of hydrogen-bond acceptors (Lipinski definition) is 4. The SMILES string of the molecule is CCN(CC)C(=O)CNC(=O)N[C@H](CCC(N)=O)C(=O)O. The van der Waals surface area contributed by atoms with Crippen LogP contribution in [0.1, 0.15) is 26.7 Å². The van der Waals surface area contributed by atoms with E-state index in [1.807, 2.05) is 13.8 Å². The van der Waals surface area contributed by atoms with Crippen molar-refractivity contribution in [2.45, 2.75) is 32.7 Å². The van der Waals surface area contributed by atoms with Gasteiger partial charge in [-0.25, -0.2) is 9.59 Å². The molecule has 0 unspecified atom stereocenters. The Balaban J connectivity index is 4.29. The van der Waals surface area contributed by atoms with E-state index >= 15 is 0 Å². The lowest BCUT2D eigenvalue weighted by Crippen LogP contribution is -2.49. The molecule has 0 radical (unpaired) electrons. The Morgan fingerprint density at radius 3 is 2.19 bits per heavy atom. The lowest BCUT2D eigenvalue weighted by Gasteiger charge is -2.19. The van der Waals surface area contributed by atoms with Gasteiger partial charge in [-0.1, -0.05) is 0 Å². The van der Waals surface area contributed by atoms with Gasteiger partial charge in [-0.15, -0.1) is 0 Å². The summed E-state index contributed by atoms with van der Waals surface area (Å²) in [5.41, 5.74) is 4.92. The number of nitrogens with two attached hydrogens (primary N) is 1. The third kappa shape index (κ3) is 7.75. The first-order valence-corrected chi connectivity index (χ1v) is 6.65. The zero-order chi connectivity index (χ0) is 16.4. The minimum atomic E-state index is -1.28. The lowest BCUT2D eigenvalue weighted by atomic mass is 10.1. The Morgan fingerprint density at radius 1 is 1.19 bits per heavy atom. The number of nitrogens with zero attached hydrogens (tertiary/aromatic N) is 1. The van der Waals surface area contributed by atoms with Crippen LogP contribution < -0.4 is 16.4 Å². The van der Waals surface area contributed by atoms with E-state index in [2.05, 4.69) is 10.6 Å². The molecule has 0 aromatic carbocycles. The van der Waals surface area contributed by atoms with Gasteiger partial charge in [0.15, 0.2) is 0 Å². The van der Waals surface area contributed by atoms with Crippen molar-refractivity contribution in [3.8, 4) is 0 Å². The monoisotopic (exact) mass is 302 g/mol. The fourth-order valence-electron chi connectivity index (χ4n) is 1.60. The summed E-state index contributed by atoms with van der Waals surface area (Å²) in [5, 5.41) is 13.4. The second-order valence-corrected chi connectivity index (χ2v) is 4.29. The molecular formula is C12H22N4O5. The smallest absolute Gasteiger partial charge is 0.326 e. The maximum Gasteiger partial charge on any atom is 0.326 e. The predicted octanol–water partition coefficient (Wildman–Crippen LogP) is -1.13. The van der Waals surface area contributed by atoms with Gasteiger partial charge in [0.2, 0.25) is 11.8 Å². The number of carbonyl (C=O) groups is 4. The first kappa shape index (κ1) is 18.7. The standard InChI is InChI=1S/C12H22N4O5/c1-3-16(4-2)10(18)7-14-12(21)15-8(11(19)20)5-6-9(13)17/h8H,3-7H2,1-2H3,(H2,13,17)(H,19,20)(H2,14,15,21)/t8-/m1/s1. The molecule has 0 heterocycles. The number of carbonyl (C=O) groups excluding carboxylic acids is 3. The number of likely N-dealkylation sites (N-methyl/N-ethyl adjacent to an activating group) is 1. The molecule has 5 N–H and O–H groups in total. The number of rotatable bonds is 9. The Morgan fingerprint density at radius 2 is 1.76 bits per heavy atom. The number of hydrogen-bond donors (Lipinski definition) is 4. The fourth-order valence-corrected chi connectivity index (χ4v) is 1.60. The summed E-state index contributed by atoms with van der Waals surface area (Å²) in [5.74, 6) is -2.19. The van der Waals surface area contributed by atoms with Crippen molar-refractivity contribution in [2.75, 3.05) is 19.6 Å². The number of primary amides is 1. The van der Waals surface area contributed by atoms with Crippen LogP contribution >= 0.6 is 0 Å². The largest absolute Gasteiger partial charge is 0.480 e. The molecule has 0 spiro atoms. The summed E-state index contributed by atoms with van der Waals surface area (Å²) in [4.78, 5) is 46.2. The van der Waals surface area contributed by atoms with Gasteiger partial charge >= 0.3 is 12.0 Å². The van der Waals surface area contributed by atoms with Crippen LogP contribution in [0.5, 0.6) is 0 Å². The second kappa shape index (κ2) is 9.56. The fraction of sp³-hybridized carbons (Fsp3) is 0.667.